The third kappa shape index (κ3) is 7.91. The molecule has 2 atom stereocenters. The van der Waals surface area contributed by atoms with Crippen molar-refractivity contribution in [2.75, 3.05) is 26.2 Å². The Bertz CT molecular complexity index is 1400. The topological polar surface area (TPSA) is 113 Å². The molecule has 2 saturated carbocycles. The number of benzene rings is 2. The van der Waals surface area contributed by atoms with Crippen LogP contribution in [0.15, 0.2) is 72.3 Å². The van der Waals surface area contributed by atoms with Crippen molar-refractivity contribution in [2.45, 2.75) is 63.5 Å². The second-order valence-corrected chi connectivity index (χ2v) is 12.3. The lowest BCUT2D eigenvalue weighted by molar-refractivity contribution is -0.384. The zero-order chi connectivity index (χ0) is 31.2. The molecule has 44 heavy (non-hydrogen) atoms. The fourth-order valence-corrected chi connectivity index (χ4v) is 6.73. The SMILES string of the molecule is C=CCN(C(=O)OCc1ccc([N+](=O)[O-])cc1)C1CCN(C[C@H]2C/C(=C(/CC3CC3)C(=O)O)C[C@@H]2c2cccc(F)c2)CC1. The van der Waals surface area contributed by atoms with Gasteiger partial charge in [-0.2, -0.15) is 0 Å². The van der Waals surface area contributed by atoms with Gasteiger partial charge in [-0.3, -0.25) is 10.1 Å². The van der Waals surface area contributed by atoms with E-state index in [4.69, 9.17) is 4.74 Å². The number of carbonyl (C=O) groups is 2. The lowest BCUT2D eigenvalue weighted by atomic mass is 9.88. The van der Waals surface area contributed by atoms with Crippen molar-refractivity contribution in [1.29, 1.82) is 0 Å². The number of hydrogen-bond acceptors (Lipinski definition) is 6. The first kappa shape index (κ1) is 31.4. The minimum absolute atomic E-state index is 0.0153. The number of carboxylic acid groups (broad SMARTS) is 1. The molecule has 2 aliphatic carbocycles. The summed E-state index contributed by atoms with van der Waals surface area (Å²) >= 11 is 0. The van der Waals surface area contributed by atoms with Gasteiger partial charge in [-0.25, -0.2) is 14.0 Å². The normalized spacial score (nSPS) is 21.9. The van der Waals surface area contributed by atoms with Crippen molar-refractivity contribution in [3.63, 3.8) is 0 Å². The molecule has 2 aromatic carbocycles. The summed E-state index contributed by atoms with van der Waals surface area (Å²) < 4.78 is 19.8. The molecule has 10 heteroatoms. The zero-order valence-corrected chi connectivity index (χ0v) is 24.9. The van der Waals surface area contributed by atoms with Crippen LogP contribution in [-0.4, -0.2) is 64.1 Å². The van der Waals surface area contributed by atoms with Crippen LogP contribution in [0.3, 0.4) is 0 Å². The number of hydrogen-bond donors (Lipinski definition) is 1. The van der Waals surface area contributed by atoms with Crippen LogP contribution in [0.5, 0.6) is 0 Å². The summed E-state index contributed by atoms with van der Waals surface area (Å²) in [5.41, 5.74) is 3.13. The van der Waals surface area contributed by atoms with Crippen LogP contribution in [0.25, 0.3) is 0 Å². The Hall–Kier alpha value is -4.05. The quantitative estimate of drug-likeness (QED) is 0.124. The molecule has 0 radical (unpaired) electrons. The van der Waals surface area contributed by atoms with Gasteiger partial charge in [-0.05, 0) is 98.1 Å². The van der Waals surface area contributed by atoms with Gasteiger partial charge in [0.05, 0.1) is 4.92 Å². The molecule has 0 unspecified atom stereocenters. The van der Waals surface area contributed by atoms with Gasteiger partial charge in [0.2, 0.25) is 0 Å². The van der Waals surface area contributed by atoms with Gasteiger partial charge in [-0.15, -0.1) is 6.58 Å². The van der Waals surface area contributed by atoms with Crippen LogP contribution in [0.2, 0.25) is 0 Å². The van der Waals surface area contributed by atoms with Crippen molar-refractivity contribution in [1.82, 2.24) is 9.80 Å². The van der Waals surface area contributed by atoms with Gasteiger partial charge in [0, 0.05) is 49.9 Å². The molecule has 1 aliphatic heterocycles. The van der Waals surface area contributed by atoms with Gasteiger partial charge in [0.25, 0.3) is 5.69 Å². The summed E-state index contributed by atoms with van der Waals surface area (Å²) in [6.07, 6.45) is 6.88. The number of carbonyl (C=O) groups excluding carboxylic acids is 1. The van der Waals surface area contributed by atoms with Gasteiger partial charge in [-0.1, -0.05) is 23.8 Å². The monoisotopic (exact) mass is 605 g/mol. The van der Waals surface area contributed by atoms with Crippen LogP contribution in [0.1, 0.15) is 62.0 Å². The van der Waals surface area contributed by atoms with Gasteiger partial charge in [0.15, 0.2) is 0 Å². The van der Waals surface area contributed by atoms with E-state index in [0.29, 0.717) is 42.9 Å². The number of nitro groups is 1. The Morgan fingerprint density at radius 2 is 1.84 bits per heavy atom. The third-order valence-electron chi connectivity index (χ3n) is 9.26. The zero-order valence-electron chi connectivity index (χ0n) is 24.9. The number of rotatable bonds is 12. The summed E-state index contributed by atoms with van der Waals surface area (Å²) in [6.45, 7) is 6.49. The minimum atomic E-state index is -0.825. The Labute approximate surface area is 257 Å². The average molecular weight is 606 g/mol. The first-order valence-corrected chi connectivity index (χ1v) is 15.4. The molecule has 0 aromatic heterocycles. The number of halogens is 1. The average Bonchev–Trinajstić information content (AvgIpc) is 3.75. The van der Waals surface area contributed by atoms with E-state index in [-0.39, 0.29) is 36.0 Å². The summed E-state index contributed by atoms with van der Waals surface area (Å²) in [5.74, 6) is -0.405. The van der Waals surface area contributed by atoms with Crippen molar-refractivity contribution in [3.8, 4) is 0 Å². The summed E-state index contributed by atoms with van der Waals surface area (Å²) in [7, 11) is 0. The van der Waals surface area contributed by atoms with Gasteiger partial charge in [0.1, 0.15) is 12.4 Å². The van der Waals surface area contributed by atoms with E-state index in [1.807, 2.05) is 6.07 Å². The van der Waals surface area contributed by atoms with Gasteiger partial charge < -0.3 is 19.6 Å². The predicted octanol–water partition coefficient (Wildman–Crippen LogP) is 6.70. The number of carboxylic acids is 1. The number of aliphatic carboxylic acids is 1. The molecule has 234 valence electrons. The van der Waals surface area contributed by atoms with Crippen molar-refractivity contribution in [3.05, 3.63) is 99.4 Å². The number of likely N-dealkylation sites (tertiary alicyclic amines) is 1. The fourth-order valence-electron chi connectivity index (χ4n) is 6.73. The van der Waals surface area contributed by atoms with Crippen molar-refractivity contribution in [2.24, 2.45) is 11.8 Å². The molecule has 9 nitrogen and oxygen atoms in total. The Morgan fingerprint density at radius 1 is 1.11 bits per heavy atom. The Morgan fingerprint density at radius 3 is 2.45 bits per heavy atom. The van der Waals surface area contributed by atoms with E-state index in [1.54, 1.807) is 35.2 Å². The Kier molecular flexibility index (Phi) is 10.1. The predicted molar refractivity (Wildman–Crippen MR) is 164 cm³/mol. The minimum Gasteiger partial charge on any atom is -0.478 e. The number of amides is 1. The molecule has 1 heterocycles. The second-order valence-electron chi connectivity index (χ2n) is 12.3. The molecule has 1 amide bonds. The summed E-state index contributed by atoms with van der Waals surface area (Å²) in [5, 5.41) is 20.9. The fraction of sp³-hybridized carbons (Fsp3) is 0.471. The molecule has 1 saturated heterocycles. The molecule has 1 N–H and O–H groups in total. The number of nitro benzene ring substituents is 1. The largest absolute Gasteiger partial charge is 0.478 e. The molecule has 0 spiro atoms. The summed E-state index contributed by atoms with van der Waals surface area (Å²) in [6, 6.07) is 12.6. The highest BCUT2D eigenvalue weighted by Crippen LogP contribution is 2.47. The van der Waals surface area contributed by atoms with E-state index >= 15 is 0 Å². The standard InChI is InChI=1S/C34H40FN3O6/c1-2-14-37(34(41)44-22-24-8-10-30(11-9-24)38(42)43)29-12-15-36(16-13-29)21-27-18-26(32(33(39)40)17-23-6-7-23)20-31(27)25-4-3-5-28(35)19-25/h2-5,8-11,19,23,27,29,31H,1,6-7,12-18,20-22H2,(H,39,40)/b32-26+/t27-,31-/m1/s1. The Balaban J connectivity index is 1.21. The molecule has 0 bridgehead atoms. The highest BCUT2D eigenvalue weighted by Gasteiger charge is 2.38. The van der Waals surface area contributed by atoms with Crippen LogP contribution < -0.4 is 0 Å². The number of allylic oxidation sites excluding steroid dienone is 1. The molecule has 3 fully saturated rings. The smallest absolute Gasteiger partial charge is 0.410 e. The van der Waals surface area contributed by atoms with E-state index in [2.05, 4.69) is 11.5 Å². The lowest BCUT2D eigenvalue weighted by Crippen LogP contribution is -2.48. The first-order valence-electron chi connectivity index (χ1n) is 15.4. The van der Waals surface area contributed by atoms with Crippen molar-refractivity contribution < 1.29 is 28.7 Å². The van der Waals surface area contributed by atoms with Crippen LogP contribution in [0.4, 0.5) is 14.9 Å². The van der Waals surface area contributed by atoms with Crippen LogP contribution in [0, 0.1) is 27.8 Å². The maximum absolute atomic E-state index is 14.2. The number of nitrogens with zero attached hydrogens (tertiary/aromatic N) is 3. The molecule has 3 aliphatic rings. The third-order valence-corrected chi connectivity index (χ3v) is 9.26. The van der Waals surface area contributed by atoms with E-state index in [9.17, 15) is 29.2 Å². The van der Waals surface area contributed by atoms with E-state index in [1.165, 1.54) is 18.2 Å². The first-order chi connectivity index (χ1) is 21.2. The molecular formula is C34H40FN3O6. The molecule has 2 aromatic rings. The van der Waals surface area contributed by atoms with Crippen LogP contribution >= 0.6 is 0 Å². The number of piperidine rings is 1. The number of ether oxygens (including phenoxy) is 1. The maximum Gasteiger partial charge on any atom is 0.410 e. The van der Waals surface area contributed by atoms with Crippen LogP contribution in [-0.2, 0) is 16.1 Å². The molecule has 5 rings (SSSR count). The lowest BCUT2D eigenvalue weighted by Gasteiger charge is -2.39. The van der Waals surface area contributed by atoms with Gasteiger partial charge >= 0.3 is 12.1 Å². The highest BCUT2D eigenvalue weighted by molar-refractivity contribution is 5.87. The van der Waals surface area contributed by atoms with Crippen molar-refractivity contribution >= 4 is 17.7 Å². The number of non-ortho nitro benzene ring substituents is 1. The molecular weight excluding hydrogens is 565 g/mol. The van der Waals surface area contributed by atoms with E-state index < -0.39 is 17.0 Å². The van der Waals surface area contributed by atoms with E-state index in [0.717, 1.165) is 56.5 Å². The summed E-state index contributed by atoms with van der Waals surface area (Å²) in [4.78, 5) is 39.8. The highest BCUT2D eigenvalue weighted by atomic mass is 19.1. The second kappa shape index (κ2) is 14.2. The maximum atomic E-state index is 14.2.